The number of unbranched alkanes of at least 4 members (excludes halogenated alkanes) is 2. The molecule has 0 radical (unpaired) electrons. The number of aliphatic hydroxyl groups is 1. The molecule has 0 aliphatic carbocycles. The molecule has 0 saturated carbocycles. The van der Waals surface area contributed by atoms with Crippen LogP contribution >= 0.6 is 11.6 Å². The summed E-state index contributed by atoms with van der Waals surface area (Å²) in [7, 11) is 0. The fourth-order valence-corrected chi connectivity index (χ4v) is 12.8. The van der Waals surface area contributed by atoms with Gasteiger partial charge in [0.15, 0.2) is 11.9 Å². The first-order valence-electron chi connectivity index (χ1n) is 38.6. The molecule has 608 valence electrons. The van der Waals surface area contributed by atoms with Crippen LogP contribution in [-0.4, -0.2) is 210 Å². The molecule has 6 rings (SSSR count). The molecular weight excluding hydrogens is 1460 g/mol. The van der Waals surface area contributed by atoms with E-state index in [0.717, 1.165) is 10.8 Å². The highest BCUT2D eigenvalue weighted by molar-refractivity contribution is 6.30. The van der Waals surface area contributed by atoms with Gasteiger partial charge in [0.1, 0.15) is 66.2 Å². The number of primary amides is 1. The highest BCUT2D eigenvalue weighted by Crippen LogP contribution is 2.23. The number of carbonyl (C=O) groups is 11. The number of aromatic nitrogens is 1. The second-order valence-corrected chi connectivity index (χ2v) is 28.5. The molecular formula is C80H113ClN18O13. The number of aromatic hydroxyl groups is 1. The number of nitrogens with zero attached hydrogens (tertiary/aromatic N) is 4. The highest BCUT2D eigenvalue weighted by atomic mass is 35.5. The second-order valence-electron chi connectivity index (χ2n) is 28.0. The molecule has 1 aliphatic rings. The van der Waals surface area contributed by atoms with Crippen LogP contribution in [0.5, 0.6) is 5.75 Å². The minimum atomic E-state index is -1.82. The average molecular weight is 1570 g/mol. The van der Waals surface area contributed by atoms with E-state index in [4.69, 9.17) is 17.3 Å². The van der Waals surface area contributed by atoms with Crippen molar-refractivity contribution >= 4 is 99.3 Å². The van der Waals surface area contributed by atoms with Crippen LogP contribution in [0.3, 0.4) is 0 Å². The fraction of sp³-hybridized carbons (Fsp3) is 0.500. The molecule has 32 heteroatoms. The van der Waals surface area contributed by atoms with Gasteiger partial charge in [-0.05, 0) is 162 Å². The van der Waals surface area contributed by atoms with Gasteiger partial charge in [0.05, 0.1) is 6.61 Å². The molecule has 1 aliphatic heterocycles. The van der Waals surface area contributed by atoms with E-state index in [2.05, 4.69) is 84.1 Å². The summed E-state index contributed by atoms with van der Waals surface area (Å²) in [6, 6.07) is 15.3. The Morgan fingerprint density at radius 3 is 1.47 bits per heavy atom. The molecule has 4 aromatic carbocycles. The van der Waals surface area contributed by atoms with Gasteiger partial charge in [0.25, 0.3) is 0 Å². The molecule has 5 aromatic rings. The Morgan fingerprint density at radius 2 is 0.964 bits per heavy atom. The van der Waals surface area contributed by atoms with E-state index in [1.807, 2.05) is 84.0 Å². The number of hydrogen-bond donors (Lipinski definition) is 16. The number of benzene rings is 4. The quantitative estimate of drug-likeness (QED) is 0.0151. The first kappa shape index (κ1) is 89.9. The van der Waals surface area contributed by atoms with Crippen molar-refractivity contribution in [2.75, 3.05) is 52.4 Å². The lowest BCUT2D eigenvalue weighted by Crippen LogP contribution is -2.61. The van der Waals surface area contributed by atoms with E-state index in [1.54, 1.807) is 36.4 Å². The zero-order valence-corrected chi connectivity index (χ0v) is 66.1. The highest BCUT2D eigenvalue weighted by Gasteiger charge is 2.40. The molecule has 11 amide bonds. The number of guanidine groups is 2. The second kappa shape index (κ2) is 47.3. The largest absolute Gasteiger partial charge is 0.508 e. The van der Waals surface area contributed by atoms with Crippen LogP contribution in [-0.2, 0) is 78.4 Å². The number of likely N-dealkylation sites (tertiary alicyclic amines) is 1. The van der Waals surface area contributed by atoms with Gasteiger partial charge in [-0.3, -0.25) is 67.7 Å². The molecule has 31 nitrogen and oxygen atoms in total. The van der Waals surface area contributed by atoms with Crippen molar-refractivity contribution in [3.63, 3.8) is 0 Å². The predicted octanol–water partition coefficient (Wildman–Crippen LogP) is 2.27. The minimum absolute atomic E-state index is 0.0365. The van der Waals surface area contributed by atoms with Gasteiger partial charge >= 0.3 is 0 Å². The maximum absolute atomic E-state index is 15.2. The number of phenols is 1. The lowest BCUT2D eigenvalue weighted by molar-refractivity contribution is -0.142. The van der Waals surface area contributed by atoms with Crippen molar-refractivity contribution in [1.29, 1.82) is 0 Å². The molecule has 17 N–H and O–H groups in total. The van der Waals surface area contributed by atoms with Gasteiger partial charge < -0.3 is 90.0 Å². The summed E-state index contributed by atoms with van der Waals surface area (Å²) in [6.45, 7) is 16.3. The summed E-state index contributed by atoms with van der Waals surface area (Å²) < 4.78 is 0. The summed E-state index contributed by atoms with van der Waals surface area (Å²) in [5, 5.41) is 60.9. The van der Waals surface area contributed by atoms with E-state index in [0.29, 0.717) is 104 Å². The van der Waals surface area contributed by atoms with Crippen LogP contribution in [0.2, 0.25) is 5.02 Å². The van der Waals surface area contributed by atoms with Crippen molar-refractivity contribution in [2.24, 2.45) is 21.6 Å². The van der Waals surface area contributed by atoms with E-state index < -0.39 is 132 Å². The number of nitrogens with two attached hydrogens (primary N) is 1. The van der Waals surface area contributed by atoms with Crippen molar-refractivity contribution in [3.05, 3.63) is 143 Å². The number of hydrogen-bond acceptors (Lipinski definition) is 16. The van der Waals surface area contributed by atoms with E-state index in [1.165, 1.54) is 55.4 Å². The number of aliphatic hydroxyl groups excluding tert-OH is 1. The van der Waals surface area contributed by atoms with Gasteiger partial charge in [0, 0.05) is 95.8 Å². The summed E-state index contributed by atoms with van der Waals surface area (Å²) in [6.07, 6.45) is 4.77. The summed E-state index contributed by atoms with van der Waals surface area (Å²) >= 11 is 6.26. The van der Waals surface area contributed by atoms with Crippen LogP contribution < -0.4 is 74.9 Å². The van der Waals surface area contributed by atoms with Crippen LogP contribution in [0.4, 0.5) is 0 Å². The van der Waals surface area contributed by atoms with E-state index in [9.17, 15) is 53.4 Å². The molecule has 112 heavy (non-hydrogen) atoms. The Morgan fingerprint density at radius 1 is 0.518 bits per heavy atom. The van der Waals surface area contributed by atoms with Gasteiger partial charge in [0.2, 0.25) is 65.0 Å². The number of phenolic OH excluding ortho intramolecular Hbond substituents is 1. The summed E-state index contributed by atoms with van der Waals surface area (Å²) in [4.78, 5) is 172. The summed E-state index contributed by atoms with van der Waals surface area (Å²) in [5.41, 5.74) is 7.61. The third kappa shape index (κ3) is 30.4. The van der Waals surface area contributed by atoms with Crippen molar-refractivity contribution in [2.45, 2.75) is 199 Å². The monoisotopic (exact) mass is 1570 g/mol. The number of carbonyl (C=O) groups excluding carboxylic acids is 11. The zero-order valence-electron chi connectivity index (χ0n) is 65.3. The maximum atomic E-state index is 15.2. The number of fused-ring (bicyclic) bond motifs is 1. The smallest absolute Gasteiger partial charge is 0.245 e. The van der Waals surface area contributed by atoms with E-state index in [-0.39, 0.29) is 76.0 Å². The van der Waals surface area contributed by atoms with Gasteiger partial charge in [-0.1, -0.05) is 98.2 Å². The summed E-state index contributed by atoms with van der Waals surface area (Å²) in [5.74, 6) is -7.72. The number of nitrogens with one attached hydrogen (secondary N) is 13. The molecule has 2 heterocycles. The van der Waals surface area contributed by atoms with Crippen molar-refractivity contribution in [3.8, 4) is 5.75 Å². The van der Waals surface area contributed by atoms with Gasteiger partial charge in [-0.2, -0.15) is 0 Å². The molecule has 1 fully saturated rings. The lowest BCUT2D eigenvalue weighted by atomic mass is 9.99. The molecule has 0 spiro atoms. The molecule has 1 saturated heterocycles. The third-order valence-electron chi connectivity index (χ3n) is 18.5. The fourth-order valence-electron chi connectivity index (χ4n) is 12.7. The van der Waals surface area contributed by atoms with Crippen LogP contribution in [0.25, 0.3) is 10.8 Å². The number of pyridine rings is 1. The maximum Gasteiger partial charge on any atom is 0.245 e. The molecule has 0 unspecified atom stereocenters. The number of aliphatic imine (C=N–C) groups is 2. The van der Waals surface area contributed by atoms with Gasteiger partial charge in [-0.25, -0.2) is 0 Å². The third-order valence-corrected chi connectivity index (χ3v) is 18.7. The molecule has 10 atom stereocenters. The number of halogens is 1. The van der Waals surface area contributed by atoms with Crippen molar-refractivity contribution in [1.82, 2.24) is 79.0 Å². The van der Waals surface area contributed by atoms with Gasteiger partial charge in [-0.15, -0.1) is 0 Å². The van der Waals surface area contributed by atoms with E-state index >= 15 is 9.59 Å². The van der Waals surface area contributed by atoms with Crippen LogP contribution in [0.15, 0.2) is 126 Å². The Kier molecular flexibility index (Phi) is 38.0. The normalized spacial score (nSPS) is 14.8. The Bertz CT molecular complexity index is 3970. The Hall–Kier alpha value is -10.9. The minimum Gasteiger partial charge on any atom is -0.508 e. The molecule has 0 bridgehead atoms. The standard InChI is InChI=1S/C80H113ClN18O13/c1-9-84-79(85-10-2)88-38-17-15-24-60(70(104)94-62(41-49(5)6)71(105)93-61(25-16-18-39-89-80(86-11-3)87-12-4)78(112)99-40-20-26-68(99)77(111)90-50(7)69(82)103)92-73(107)64(44-53-30-35-59(102)36-31-53)97-76(110)67(48-100)98-75(109)66(46-55-21-19-37-83-47-55)96-74(108)65(43-52-28-33-58(81)34-29-52)95-72(106)63(91-51(8)101)45-54-27-32-56-22-13-14-23-57(56)42-54/h13-14,19,21-23,27-37,42,47,49-50,60-68,100,102H,9-12,15-18,20,24-26,38-41,43-46,48H2,1-8H3,(H2,82,103)(H,90,111)(H,91,101)(H,92,107)(H,93,105)(H,94,104)(H,95,106)(H,96,108)(H,97,110)(H,98,109)(H2,84,85,88)(H2,86,87,89)/t50-,60-,61+,62+,63-,64+,65+,66-,67-,68+/m1/s1. The molecule has 1 aromatic heterocycles. The van der Waals surface area contributed by atoms with Crippen LogP contribution in [0, 0.1) is 5.92 Å². The number of amides is 11. The average Bonchev–Trinajstić information content (AvgIpc) is 1.06. The lowest BCUT2D eigenvalue weighted by Gasteiger charge is -2.31. The van der Waals surface area contributed by atoms with Crippen molar-refractivity contribution < 1.29 is 63.0 Å². The number of rotatable bonds is 44. The Balaban J connectivity index is 1.29. The van der Waals surface area contributed by atoms with Crippen LogP contribution in [0.1, 0.15) is 135 Å². The first-order valence-corrected chi connectivity index (χ1v) is 38.9. The SMILES string of the molecule is CCNC(=NCCCC[C@H](NC(=O)[C@H](CC(C)C)NC(=O)[C@@H](CCCCN=C(NCC)NCC)NC(=O)[C@H](Cc1ccc(O)cc1)NC(=O)[C@@H](CO)NC(=O)[C@@H](Cc1cccnc1)NC(=O)[C@H](Cc1ccc(Cl)cc1)NC(=O)[C@@H](Cc1ccc2ccccc2c1)NC(C)=O)C(=O)N1CCC[C@H]1C(=O)N[C@H](C)C(N)=O)NCC. The predicted molar refractivity (Wildman–Crippen MR) is 429 cm³/mol. The Labute approximate surface area is 660 Å². The first-order chi connectivity index (χ1) is 53.7. The zero-order chi connectivity index (χ0) is 81.7. The topological polar surface area (TPSA) is 451 Å².